The number of sulfonamides is 1. The lowest BCUT2D eigenvalue weighted by atomic mass is 10.5. The fraction of sp³-hybridized carbons (Fsp3) is 0.857. The maximum Gasteiger partial charge on any atom is 0.235 e. The summed E-state index contributed by atoms with van der Waals surface area (Å²) in [7, 11) is -1.93. The third-order valence-electron chi connectivity index (χ3n) is 1.92. The normalized spacial score (nSPS) is 17.1. The van der Waals surface area contributed by atoms with Crippen molar-refractivity contribution in [3.8, 4) is 0 Å². The Kier molecular flexibility index (Phi) is 3.91. The second-order valence-electron chi connectivity index (χ2n) is 3.32. The van der Waals surface area contributed by atoms with Gasteiger partial charge in [0.05, 0.1) is 6.54 Å². The van der Waals surface area contributed by atoms with Crippen LogP contribution in [0.1, 0.15) is 12.8 Å². The van der Waals surface area contributed by atoms with E-state index in [2.05, 4.69) is 21.2 Å². The van der Waals surface area contributed by atoms with Crippen molar-refractivity contribution >= 4 is 31.9 Å². The zero-order chi connectivity index (χ0) is 10.8. The van der Waals surface area contributed by atoms with Crippen molar-refractivity contribution in [2.24, 2.45) is 0 Å². The second kappa shape index (κ2) is 4.59. The number of alkyl halides is 1. The fourth-order valence-electron chi connectivity index (χ4n) is 0.885. The minimum Gasteiger partial charge on any atom is -0.352 e. The van der Waals surface area contributed by atoms with E-state index in [0.29, 0.717) is 0 Å². The predicted molar refractivity (Wildman–Crippen MR) is 56.5 cm³/mol. The molecule has 0 radical (unpaired) electrons. The van der Waals surface area contributed by atoms with Gasteiger partial charge in [-0.25, -0.2) is 8.42 Å². The molecule has 1 rings (SSSR count). The van der Waals surface area contributed by atoms with Crippen molar-refractivity contribution in [1.29, 1.82) is 0 Å². The number of carbonyl (C=O) groups excluding carboxylic acids is 1. The summed E-state index contributed by atoms with van der Waals surface area (Å²) in [6.07, 6.45) is 2.00. The van der Waals surface area contributed by atoms with Crippen LogP contribution in [0.4, 0.5) is 0 Å². The molecule has 0 atom stereocenters. The van der Waals surface area contributed by atoms with Crippen molar-refractivity contribution in [3.05, 3.63) is 0 Å². The number of rotatable bonds is 5. The minimum absolute atomic E-state index is 0.107. The quantitative estimate of drug-likeness (QED) is 0.716. The van der Waals surface area contributed by atoms with Gasteiger partial charge in [-0.05, 0) is 12.8 Å². The Morgan fingerprint density at radius 1 is 1.57 bits per heavy atom. The molecule has 0 spiro atoms. The van der Waals surface area contributed by atoms with Crippen LogP contribution in [0.5, 0.6) is 0 Å². The molecule has 0 aromatic rings. The summed E-state index contributed by atoms with van der Waals surface area (Å²) in [5.74, 6) is -0.237. The molecule has 0 bridgehead atoms. The minimum atomic E-state index is -3.32. The summed E-state index contributed by atoms with van der Waals surface area (Å²) in [5.41, 5.74) is 0. The lowest BCUT2D eigenvalue weighted by Gasteiger charge is -2.14. The smallest absolute Gasteiger partial charge is 0.235 e. The van der Waals surface area contributed by atoms with Crippen LogP contribution in [-0.4, -0.2) is 42.9 Å². The van der Waals surface area contributed by atoms with Crippen molar-refractivity contribution in [2.75, 3.05) is 18.3 Å². The summed E-state index contributed by atoms with van der Waals surface area (Å²) in [5, 5.41) is 2.72. The Morgan fingerprint density at radius 3 is 2.57 bits per heavy atom. The van der Waals surface area contributed by atoms with Crippen LogP contribution in [0, 0.1) is 0 Å². The van der Waals surface area contributed by atoms with E-state index in [4.69, 9.17) is 0 Å². The average Bonchev–Trinajstić information content (AvgIpc) is 2.88. The lowest BCUT2D eigenvalue weighted by Crippen LogP contribution is -2.39. The SMILES string of the molecule is CN(CC(=O)NC1CC1)S(=O)(=O)CBr. The maximum atomic E-state index is 11.2. The molecule has 0 saturated heterocycles. The first-order valence-electron chi connectivity index (χ1n) is 4.25. The molecule has 0 heterocycles. The number of carbonyl (C=O) groups is 1. The topological polar surface area (TPSA) is 66.5 Å². The van der Waals surface area contributed by atoms with Crippen LogP contribution in [-0.2, 0) is 14.8 Å². The van der Waals surface area contributed by atoms with Gasteiger partial charge in [0, 0.05) is 13.1 Å². The van der Waals surface area contributed by atoms with Crippen molar-refractivity contribution < 1.29 is 13.2 Å². The van der Waals surface area contributed by atoms with Gasteiger partial charge >= 0.3 is 0 Å². The molecule has 5 nitrogen and oxygen atoms in total. The molecular formula is C7H13BrN2O3S. The average molecular weight is 285 g/mol. The molecule has 1 N–H and O–H groups in total. The maximum absolute atomic E-state index is 11.2. The summed E-state index contributed by atoms with van der Waals surface area (Å²) in [4.78, 5) is 11.2. The Labute approximate surface area is 92.0 Å². The van der Waals surface area contributed by atoms with Crippen LogP contribution in [0.25, 0.3) is 0 Å². The van der Waals surface area contributed by atoms with Gasteiger partial charge in [-0.3, -0.25) is 4.79 Å². The Bertz CT molecular complexity index is 313. The predicted octanol–water partition coefficient (Wildman–Crippen LogP) is -0.121. The number of nitrogens with zero attached hydrogens (tertiary/aromatic N) is 1. The van der Waals surface area contributed by atoms with Crippen molar-refractivity contribution in [2.45, 2.75) is 18.9 Å². The van der Waals surface area contributed by atoms with Gasteiger partial charge in [0.15, 0.2) is 0 Å². The first-order chi connectivity index (χ1) is 6.45. The Hall–Kier alpha value is -0.140. The monoisotopic (exact) mass is 284 g/mol. The van der Waals surface area contributed by atoms with Gasteiger partial charge in [-0.1, -0.05) is 15.9 Å². The highest BCUT2D eigenvalue weighted by molar-refractivity contribution is 9.10. The van der Waals surface area contributed by atoms with Crippen LogP contribution >= 0.6 is 15.9 Å². The van der Waals surface area contributed by atoms with Gasteiger partial charge in [-0.15, -0.1) is 0 Å². The van der Waals surface area contributed by atoms with Gasteiger partial charge in [-0.2, -0.15) is 4.31 Å². The van der Waals surface area contributed by atoms with Crippen LogP contribution in [0.3, 0.4) is 0 Å². The lowest BCUT2D eigenvalue weighted by molar-refractivity contribution is -0.121. The molecule has 1 aliphatic rings. The largest absolute Gasteiger partial charge is 0.352 e. The molecular weight excluding hydrogens is 272 g/mol. The molecule has 14 heavy (non-hydrogen) atoms. The van der Waals surface area contributed by atoms with Gasteiger partial charge in [0.25, 0.3) is 0 Å². The zero-order valence-corrected chi connectivity index (χ0v) is 10.3. The molecule has 1 fully saturated rings. The Balaban J connectivity index is 2.38. The van der Waals surface area contributed by atoms with E-state index in [1.165, 1.54) is 7.05 Å². The van der Waals surface area contributed by atoms with Crippen molar-refractivity contribution in [3.63, 3.8) is 0 Å². The van der Waals surface area contributed by atoms with Crippen LogP contribution < -0.4 is 5.32 Å². The highest BCUT2D eigenvalue weighted by atomic mass is 79.9. The van der Waals surface area contributed by atoms with E-state index in [-0.39, 0.29) is 23.2 Å². The molecule has 0 aromatic carbocycles. The summed E-state index contributed by atoms with van der Waals surface area (Å²) >= 11 is 2.86. The van der Waals surface area contributed by atoms with Crippen LogP contribution in [0.2, 0.25) is 0 Å². The number of halogens is 1. The van der Waals surface area contributed by atoms with Crippen LogP contribution in [0.15, 0.2) is 0 Å². The van der Waals surface area contributed by atoms with E-state index in [0.717, 1.165) is 17.1 Å². The van der Waals surface area contributed by atoms with E-state index in [1.54, 1.807) is 0 Å². The van der Waals surface area contributed by atoms with E-state index in [9.17, 15) is 13.2 Å². The number of hydrogen-bond acceptors (Lipinski definition) is 3. The van der Waals surface area contributed by atoms with Crippen molar-refractivity contribution in [1.82, 2.24) is 9.62 Å². The van der Waals surface area contributed by atoms with E-state index >= 15 is 0 Å². The highest BCUT2D eigenvalue weighted by Gasteiger charge is 2.25. The molecule has 1 saturated carbocycles. The Morgan fingerprint density at radius 2 is 2.14 bits per heavy atom. The van der Waals surface area contributed by atoms with Gasteiger partial charge in [0.2, 0.25) is 15.9 Å². The molecule has 1 aliphatic carbocycles. The molecule has 0 aromatic heterocycles. The van der Waals surface area contributed by atoms with E-state index < -0.39 is 10.0 Å². The molecule has 0 unspecified atom stereocenters. The summed E-state index contributed by atoms with van der Waals surface area (Å²) in [6.45, 7) is -0.107. The van der Waals surface area contributed by atoms with E-state index in [1.807, 2.05) is 0 Å². The molecule has 1 amide bonds. The number of likely N-dealkylation sites (N-methyl/N-ethyl adjacent to an activating group) is 1. The van der Waals surface area contributed by atoms with Gasteiger partial charge < -0.3 is 5.32 Å². The first-order valence-corrected chi connectivity index (χ1v) is 6.98. The number of hydrogen-bond donors (Lipinski definition) is 1. The van der Waals surface area contributed by atoms with Gasteiger partial charge in [0.1, 0.15) is 4.66 Å². The fourth-order valence-corrected chi connectivity index (χ4v) is 2.41. The third kappa shape index (κ3) is 3.55. The number of nitrogens with one attached hydrogen (secondary N) is 1. The first kappa shape index (κ1) is 11.9. The summed E-state index contributed by atoms with van der Waals surface area (Å²) in [6, 6.07) is 0.266. The summed E-state index contributed by atoms with van der Waals surface area (Å²) < 4.78 is 23.4. The standard InChI is InChI=1S/C7H13BrN2O3S/c1-10(14(12,13)5-8)4-7(11)9-6-2-3-6/h6H,2-5H2,1H3,(H,9,11). The zero-order valence-electron chi connectivity index (χ0n) is 7.86. The number of amides is 1. The molecule has 0 aliphatic heterocycles. The second-order valence-corrected chi connectivity index (χ2v) is 6.70. The molecule has 82 valence electrons. The third-order valence-corrected chi connectivity index (χ3v) is 5.01. The molecule has 7 heteroatoms. The highest BCUT2D eigenvalue weighted by Crippen LogP contribution is 2.18.